The van der Waals surface area contributed by atoms with Crippen molar-refractivity contribution in [2.45, 2.75) is 88.1 Å². The predicted octanol–water partition coefficient (Wildman–Crippen LogP) is 6.75. The van der Waals surface area contributed by atoms with Crippen LogP contribution in [0.15, 0.2) is 66.3 Å². The molecule has 1 saturated carbocycles. The van der Waals surface area contributed by atoms with E-state index in [4.69, 9.17) is 11.6 Å². The first-order valence-corrected chi connectivity index (χ1v) is 15.0. The lowest BCUT2D eigenvalue weighted by atomic mass is 9.62. The Labute approximate surface area is 232 Å². The van der Waals surface area contributed by atoms with E-state index in [-0.39, 0.29) is 23.9 Å². The number of benzene rings is 1. The largest absolute Gasteiger partial charge is 0.333 e. The fourth-order valence-electron chi connectivity index (χ4n) is 7.92. The van der Waals surface area contributed by atoms with Crippen LogP contribution in [-0.4, -0.2) is 41.0 Å². The van der Waals surface area contributed by atoms with E-state index in [9.17, 15) is 4.79 Å². The van der Waals surface area contributed by atoms with Crippen molar-refractivity contribution in [1.82, 2.24) is 15.2 Å². The van der Waals surface area contributed by atoms with E-state index in [0.717, 1.165) is 49.1 Å². The zero-order valence-electron chi connectivity index (χ0n) is 22.6. The highest BCUT2D eigenvalue weighted by Crippen LogP contribution is 2.49. The summed E-state index contributed by atoms with van der Waals surface area (Å²) in [6, 6.07) is 15.2. The lowest BCUT2D eigenvalue weighted by Gasteiger charge is -2.48. The average molecular weight is 530 g/mol. The summed E-state index contributed by atoms with van der Waals surface area (Å²) >= 11 is 6.29. The molecule has 3 heterocycles. The number of amides is 1. The molecule has 1 aromatic heterocycles. The molecule has 3 fully saturated rings. The van der Waals surface area contributed by atoms with Crippen LogP contribution in [-0.2, 0) is 16.6 Å². The lowest BCUT2D eigenvalue weighted by molar-refractivity contribution is -0.142. The Kier molecular flexibility index (Phi) is 7.22. The molecule has 6 rings (SSSR count). The summed E-state index contributed by atoms with van der Waals surface area (Å²) < 4.78 is 0. The first-order valence-electron chi connectivity index (χ1n) is 14.6. The maximum Gasteiger partial charge on any atom is 0.228 e. The van der Waals surface area contributed by atoms with Gasteiger partial charge in [-0.15, -0.1) is 0 Å². The zero-order valence-corrected chi connectivity index (χ0v) is 23.4. The SMILES string of the molecule is C=C1CCc2nc(Cl)ccc2[C@@]12CNC[C@H]2C(=O)N1C(C)C[C@@H](c2ccccc2)C[C@H]1C=C1CCCCC1. The second-order valence-electron chi connectivity index (χ2n) is 12.0. The maximum atomic E-state index is 14.8. The number of nitrogens with zero attached hydrogens (tertiary/aromatic N) is 2. The van der Waals surface area contributed by atoms with E-state index in [2.05, 4.69) is 71.2 Å². The van der Waals surface area contributed by atoms with Gasteiger partial charge in [0.2, 0.25) is 5.91 Å². The summed E-state index contributed by atoms with van der Waals surface area (Å²) in [4.78, 5) is 21.7. The molecule has 2 aliphatic heterocycles. The average Bonchev–Trinajstić information content (AvgIpc) is 3.37. The van der Waals surface area contributed by atoms with Crippen LogP contribution in [0.4, 0.5) is 0 Å². The number of piperidine rings is 1. The number of rotatable bonds is 3. The van der Waals surface area contributed by atoms with E-state index in [0.29, 0.717) is 17.6 Å². The monoisotopic (exact) mass is 529 g/mol. The zero-order chi connectivity index (χ0) is 26.3. The molecule has 200 valence electrons. The minimum absolute atomic E-state index is 0.127. The van der Waals surface area contributed by atoms with Crippen molar-refractivity contribution in [1.29, 1.82) is 0 Å². The third-order valence-electron chi connectivity index (χ3n) is 9.79. The summed E-state index contributed by atoms with van der Waals surface area (Å²) in [5.41, 5.74) is 5.87. The van der Waals surface area contributed by atoms with E-state index < -0.39 is 5.41 Å². The van der Waals surface area contributed by atoms with Crippen molar-refractivity contribution in [3.05, 3.63) is 88.2 Å². The molecule has 0 radical (unpaired) electrons. The molecule has 0 bridgehead atoms. The normalized spacial score (nSPS) is 31.4. The molecule has 1 N–H and O–H groups in total. The molecule has 2 saturated heterocycles. The van der Waals surface area contributed by atoms with Crippen molar-refractivity contribution < 1.29 is 4.79 Å². The number of halogens is 1. The van der Waals surface area contributed by atoms with Crippen molar-refractivity contribution in [3.63, 3.8) is 0 Å². The number of pyridine rings is 1. The first-order chi connectivity index (χ1) is 18.5. The van der Waals surface area contributed by atoms with Gasteiger partial charge in [-0.05, 0) is 81.4 Å². The molecule has 4 nitrogen and oxygen atoms in total. The topological polar surface area (TPSA) is 45.2 Å². The van der Waals surface area contributed by atoms with Gasteiger partial charge in [0.1, 0.15) is 5.15 Å². The highest BCUT2D eigenvalue weighted by atomic mass is 35.5. The van der Waals surface area contributed by atoms with Crippen LogP contribution in [0, 0.1) is 5.92 Å². The minimum atomic E-state index is -0.416. The lowest BCUT2D eigenvalue weighted by Crippen LogP contribution is -2.56. The summed E-state index contributed by atoms with van der Waals surface area (Å²) in [6.07, 6.45) is 12.4. The number of allylic oxidation sites excluding steroid dienone is 1. The van der Waals surface area contributed by atoms with Gasteiger partial charge in [0.25, 0.3) is 0 Å². The van der Waals surface area contributed by atoms with Crippen LogP contribution in [0.1, 0.15) is 81.0 Å². The van der Waals surface area contributed by atoms with E-state index >= 15 is 0 Å². The maximum absolute atomic E-state index is 14.8. The number of carbonyl (C=O) groups excluding carboxylic acids is 1. The molecular weight excluding hydrogens is 490 g/mol. The van der Waals surface area contributed by atoms with Gasteiger partial charge in [-0.25, -0.2) is 4.98 Å². The molecule has 1 aromatic carbocycles. The Hall–Kier alpha value is -2.43. The van der Waals surface area contributed by atoms with Crippen molar-refractivity contribution in [2.24, 2.45) is 5.92 Å². The number of likely N-dealkylation sites (tertiary alicyclic amines) is 1. The van der Waals surface area contributed by atoms with Gasteiger partial charge in [0.05, 0.1) is 12.0 Å². The minimum Gasteiger partial charge on any atom is -0.333 e. The standard InChI is InChI=1S/C33H40ClN3O/c1-22-13-15-30-28(14-16-31(34)36-30)33(22)21-35-20-29(33)32(38)37-23(2)17-26(25-11-7-4-8-12-25)19-27(37)18-24-9-5-3-6-10-24/h4,7-8,11-12,14,16,18,23,26-27,29,35H,1,3,5-6,9-10,13,15,17,19-21H2,2H3/t23?,26-,27-,29+,33-/m1/s1. The summed E-state index contributed by atoms with van der Waals surface area (Å²) in [5.74, 6) is 0.559. The van der Waals surface area contributed by atoms with Crippen molar-refractivity contribution in [3.8, 4) is 0 Å². The van der Waals surface area contributed by atoms with Gasteiger partial charge in [-0.3, -0.25) is 4.79 Å². The first kappa shape index (κ1) is 25.8. The quantitative estimate of drug-likeness (QED) is 0.353. The number of aromatic nitrogens is 1. The molecule has 1 unspecified atom stereocenters. The second-order valence-corrected chi connectivity index (χ2v) is 12.4. The Morgan fingerprint density at radius 3 is 2.66 bits per heavy atom. The van der Waals surface area contributed by atoms with Gasteiger partial charge in [-0.1, -0.05) is 78.2 Å². The van der Waals surface area contributed by atoms with Crippen molar-refractivity contribution >= 4 is 17.5 Å². The number of aryl methyl sites for hydroxylation is 1. The summed E-state index contributed by atoms with van der Waals surface area (Å²) in [5, 5.41) is 4.12. The van der Waals surface area contributed by atoms with Crippen LogP contribution in [0.5, 0.6) is 0 Å². The fraction of sp³-hybridized carbons (Fsp3) is 0.515. The molecule has 5 heteroatoms. The van der Waals surface area contributed by atoms with E-state index in [1.54, 1.807) is 5.57 Å². The summed E-state index contributed by atoms with van der Waals surface area (Å²) in [6.45, 7) is 8.22. The van der Waals surface area contributed by atoms with Gasteiger partial charge < -0.3 is 10.2 Å². The predicted molar refractivity (Wildman–Crippen MR) is 154 cm³/mol. The highest BCUT2D eigenvalue weighted by Gasteiger charge is 2.54. The number of fused-ring (bicyclic) bond motifs is 2. The Bertz CT molecular complexity index is 1230. The second kappa shape index (κ2) is 10.6. The molecule has 1 spiro atoms. The van der Waals surface area contributed by atoms with Crippen LogP contribution in [0.25, 0.3) is 0 Å². The van der Waals surface area contributed by atoms with Crippen LogP contribution >= 0.6 is 11.6 Å². The number of hydrogen-bond donors (Lipinski definition) is 1. The summed E-state index contributed by atoms with van der Waals surface area (Å²) in [7, 11) is 0. The molecule has 1 amide bonds. The third-order valence-corrected chi connectivity index (χ3v) is 10.0. The van der Waals surface area contributed by atoms with Crippen molar-refractivity contribution in [2.75, 3.05) is 13.1 Å². The Morgan fingerprint density at radius 2 is 1.87 bits per heavy atom. The van der Waals surface area contributed by atoms with Gasteiger partial charge >= 0.3 is 0 Å². The molecule has 5 atom stereocenters. The molecule has 4 aliphatic rings. The molecule has 2 aliphatic carbocycles. The smallest absolute Gasteiger partial charge is 0.228 e. The fourth-order valence-corrected chi connectivity index (χ4v) is 8.09. The molecule has 38 heavy (non-hydrogen) atoms. The number of hydrogen-bond acceptors (Lipinski definition) is 3. The number of carbonyl (C=O) groups is 1. The number of nitrogens with one attached hydrogen (secondary N) is 1. The highest BCUT2D eigenvalue weighted by molar-refractivity contribution is 6.29. The Balaban J connectivity index is 1.37. The van der Waals surface area contributed by atoms with Gasteiger partial charge in [-0.2, -0.15) is 0 Å². The van der Waals surface area contributed by atoms with E-state index in [1.165, 1.54) is 37.7 Å². The van der Waals surface area contributed by atoms with Gasteiger partial charge in [0.15, 0.2) is 0 Å². The molecule has 2 aromatic rings. The third kappa shape index (κ3) is 4.54. The van der Waals surface area contributed by atoms with Crippen LogP contribution in [0.2, 0.25) is 5.15 Å². The van der Waals surface area contributed by atoms with Crippen LogP contribution in [0.3, 0.4) is 0 Å². The van der Waals surface area contributed by atoms with E-state index in [1.807, 2.05) is 6.07 Å². The van der Waals surface area contributed by atoms with Gasteiger partial charge in [0, 0.05) is 30.2 Å². The van der Waals surface area contributed by atoms with Crippen LogP contribution < -0.4 is 5.32 Å². The Morgan fingerprint density at radius 1 is 1.08 bits per heavy atom. The molecular formula is C33H40ClN3O.